The van der Waals surface area contributed by atoms with Crippen molar-refractivity contribution in [2.24, 2.45) is 0 Å². The second-order valence-electron chi connectivity index (χ2n) is 8.56. The van der Waals surface area contributed by atoms with E-state index >= 15 is 0 Å². The zero-order valence-corrected chi connectivity index (χ0v) is 19.2. The van der Waals surface area contributed by atoms with Crippen LogP contribution in [0.1, 0.15) is 33.6 Å². The Morgan fingerprint density at radius 1 is 0.969 bits per heavy atom. The molecule has 0 radical (unpaired) electrons. The first-order chi connectivity index (χ1) is 15.0. The molecule has 8 nitrogen and oxygen atoms in total. The lowest BCUT2D eigenvalue weighted by Gasteiger charge is -2.33. The molecule has 2 aromatic rings. The van der Waals surface area contributed by atoms with Gasteiger partial charge < -0.3 is 14.4 Å². The minimum Gasteiger partial charge on any atom is -0.444 e. The molecule has 1 aliphatic heterocycles. The van der Waals surface area contributed by atoms with E-state index in [2.05, 4.69) is 5.32 Å². The van der Waals surface area contributed by atoms with Gasteiger partial charge in [-0.25, -0.2) is 18.0 Å². The molecule has 0 bridgehead atoms. The number of sulfone groups is 1. The van der Waals surface area contributed by atoms with Crippen LogP contribution in [0.2, 0.25) is 0 Å². The van der Waals surface area contributed by atoms with Gasteiger partial charge in [-0.3, -0.25) is 5.32 Å². The molecule has 9 heteroatoms. The van der Waals surface area contributed by atoms with Crippen molar-refractivity contribution in [1.29, 1.82) is 0 Å². The number of piperidine rings is 1. The molecule has 1 aliphatic rings. The molecule has 2 aromatic carbocycles. The van der Waals surface area contributed by atoms with Gasteiger partial charge >= 0.3 is 12.2 Å². The van der Waals surface area contributed by atoms with Gasteiger partial charge in [-0.15, -0.1) is 0 Å². The van der Waals surface area contributed by atoms with E-state index in [0.717, 1.165) is 0 Å². The lowest BCUT2D eigenvalue weighted by molar-refractivity contribution is 0.0217. The second-order valence-corrected chi connectivity index (χ2v) is 10.8. The fraction of sp³-hybridized carbons (Fsp3) is 0.391. The van der Waals surface area contributed by atoms with E-state index in [4.69, 9.17) is 9.47 Å². The fourth-order valence-corrected chi connectivity index (χ4v) is 5.07. The fourth-order valence-electron chi connectivity index (χ4n) is 3.33. The molecular weight excluding hydrogens is 432 g/mol. The van der Waals surface area contributed by atoms with Crippen LogP contribution < -0.4 is 10.1 Å². The number of anilines is 1. The Kier molecular flexibility index (Phi) is 7.08. The van der Waals surface area contributed by atoms with Gasteiger partial charge in [0.25, 0.3) is 0 Å². The summed E-state index contributed by atoms with van der Waals surface area (Å²) in [6, 6.07) is 14.6. The standard InChI is InChI=1S/C23H28N2O6S/c1-23(2,3)31-22(27)25-15-13-20(14-16-25)32(28,29)19-11-9-17(10-12-19)24-21(26)30-18-7-5-4-6-8-18/h4-12,20H,13-16H2,1-3H3,(H,24,26). The summed E-state index contributed by atoms with van der Waals surface area (Å²) in [4.78, 5) is 25.9. The molecule has 0 spiro atoms. The summed E-state index contributed by atoms with van der Waals surface area (Å²) < 4.78 is 36.6. The number of benzene rings is 2. The molecule has 0 aliphatic carbocycles. The van der Waals surface area contributed by atoms with Gasteiger partial charge in [-0.1, -0.05) is 18.2 Å². The maximum atomic E-state index is 13.0. The highest BCUT2D eigenvalue weighted by Crippen LogP contribution is 2.26. The normalized spacial score (nSPS) is 15.2. The summed E-state index contributed by atoms with van der Waals surface area (Å²) in [5, 5.41) is 1.99. The minimum absolute atomic E-state index is 0.176. The second kappa shape index (κ2) is 9.60. The van der Waals surface area contributed by atoms with Crippen LogP contribution in [0.25, 0.3) is 0 Å². The Morgan fingerprint density at radius 3 is 2.12 bits per heavy atom. The highest BCUT2D eigenvalue weighted by atomic mass is 32.2. The van der Waals surface area contributed by atoms with Gasteiger partial charge in [-0.05, 0) is 70.0 Å². The van der Waals surface area contributed by atoms with Crippen LogP contribution in [0.3, 0.4) is 0 Å². The average Bonchev–Trinajstić information content (AvgIpc) is 2.73. The van der Waals surface area contributed by atoms with Gasteiger partial charge in [0.1, 0.15) is 11.4 Å². The molecule has 172 valence electrons. The number of likely N-dealkylation sites (tertiary alicyclic amines) is 1. The summed E-state index contributed by atoms with van der Waals surface area (Å²) in [6.07, 6.45) is -0.414. The molecular formula is C23H28N2O6S. The van der Waals surface area contributed by atoms with E-state index in [-0.39, 0.29) is 4.90 Å². The number of carbonyl (C=O) groups is 2. The Balaban J connectivity index is 1.57. The summed E-state index contributed by atoms with van der Waals surface area (Å²) in [6.45, 7) is 6.03. The van der Waals surface area contributed by atoms with Gasteiger partial charge in [0.2, 0.25) is 0 Å². The van der Waals surface area contributed by atoms with Crippen molar-refractivity contribution in [2.45, 2.75) is 49.4 Å². The Hall–Kier alpha value is -3.07. The smallest absolute Gasteiger partial charge is 0.417 e. The van der Waals surface area contributed by atoms with E-state index in [9.17, 15) is 18.0 Å². The van der Waals surface area contributed by atoms with Crippen molar-refractivity contribution in [3.05, 3.63) is 54.6 Å². The average molecular weight is 461 g/mol. The number of para-hydroxylation sites is 1. The molecule has 32 heavy (non-hydrogen) atoms. The number of rotatable bonds is 4. The molecule has 0 unspecified atom stereocenters. The number of carbonyl (C=O) groups excluding carboxylic acids is 2. The van der Waals surface area contributed by atoms with E-state index < -0.39 is 32.9 Å². The highest BCUT2D eigenvalue weighted by molar-refractivity contribution is 7.92. The van der Waals surface area contributed by atoms with Crippen LogP contribution in [0.5, 0.6) is 5.75 Å². The Bertz CT molecular complexity index is 1040. The zero-order chi connectivity index (χ0) is 23.4. The molecule has 1 heterocycles. The van der Waals surface area contributed by atoms with Crippen LogP contribution in [-0.4, -0.2) is 49.4 Å². The summed E-state index contributed by atoms with van der Waals surface area (Å²) in [7, 11) is -3.56. The molecule has 0 saturated carbocycles. The lowest BCUT2D eigenvalue weighted by atomic mass is 10.1. The van der Waals surface area contributed by atoms with Crippen molar-refractivity contribution in [2.75, 3.05) is 18.4 Å². The van der Waals surface area contributed by atoms with E-state index in [1.807, 2.05) is 6.07 Å². The number of nitrogens with zero attached hydrogens (tertiary/aromatic N) is 1. The van der Waals surface area contributed by atoms with Crippen molar-refractivity contribution in [3.63, 3.8) is 0 Å². The number of ether oxygens (including phenoxy) is 2. The predicted molar refractivity (Wildman–Crippen MR) is 121 cm³/mol. The van der Waals surface area contributed by atoms with Crippen LogP contribution in [0.4, 0.5) is 15.3 Å². The van der Waals surface area contributed by atoms with Gasteiger partial charge in [0.05, 0.1) is 10.1 Å². The number of hydrogen-bond donors (Lipinski definition) is 1. The largest absolute Gasteiger partial charge is 0.444 e. The number of nitrogens with one attached hydrogen (secondary N) is 1. The van der Waals surface area contributed by atoms with Crippen molar-refractivity contribution in [1.82, 2.24) is 4.90 Å². The van der Waals surface area contributed by atoms with Crippen molar-refractivity contribution >= 4 is 27.7 Å². The number of hydrogen-bond acceptors (Lipinski definition) is 6. The first-order valence-corrected chi connectivity index (χ1v) is 11.9. The summed E-state index contributed by atoms with van der Waals surface area (Å²) >= 11 is 0. The molecule has 3 rings (SSSR count). The van der Waals surface area contributed by atoms with Gasteiger partial charge in [-0.2, -0.15) is 0 Å². The first kappa shape index (κ1) is 23.6. The van der Waals surface area contributed by atoms with Crippen molar-refractivity contribution < 1.29 is 27.5 Å². The van der Waals surface area contributed by atoms with Gasteiger partial charge in [0, 0.05) is 18.8 Å². The third-order valence-electron chi connectivity index (χ3n) is 4.92. The van der Waals surface area contributed by atoms with E-state index in [0.29, 0.717) is 37.4 Å². The summed E-state index contributed by atoms with van der Waals surface area (Å²) in [5.41, 5.74) is -0.173. The highest BCUT2D eigenvalue weighted by Gasteiger charge is 2.34. The zero-order valence-electron chi connectivity index (χ0n) is 18.4. The van der Waals surface area contributed by atoms with E-state index in [1.54, 1.807) is 49.9 Å². The molecule has 0 atom stereocenters. The minimum atomic E-state index is -3.56. The monoisotopic (exact) mass is 460 g/mol. The SMILES string of the molecule is CC(C)(C)OC(=O)N1CCC(S(=O)(=O)c2ccc(NC(=O)Oc3ccccc3)cc2)CC1. The third-order valence-corrected chi connectivity index (χ3v) is 7.19. The Morgan fingerprint density at radius 2 is 1.56 bits per heavy atom. The maximum absolute atomic E-state index is 13.0. The summed E-state index contributed by atoms with van der Waals surface area (Å²) in [5.74, 6) is 0.405. The molecule has 1 fully saturated rings. The first-order valence-electron chi connectivity index (χ1n) is 10.4. The van der Waals surface area contributed by atoms with Crippen LogP contribution in [-0.2, 0) is 14.6 Å². The quantitative estimate of drug-likeness (QED) is 0.722. The van der Waals surface area contributed by atoms with E-state index in [1.165, 1.54) is 24.3 Å². The van der Waals surface area contributed by atoms with Crippen LogP contribution >= 0.6 is 0 Å². The van der Waals surface area contributed by atoms with Gasteiger partial charge in [0.15, 0.2) is 9.84 Å². The molecule has 2 amide bonds. The number of amides is 2. The van der Waals surface area contributed by atoms with Crippen LogP contribution in [0, 0.1) is 0 Å². The van der Waals surface area contributed by atoms with Crippen molar-refractivity contribution in [3.8, 4) is 5.75 Å². The Labute approximate surface area is 188 Å². The predicted octanol–water partition coefficient (Wildman–Crippen LogP) is 4.47. The third kappa shape index (κ3) is 6.23. The maximum Gasteiger partial charge on any atom is 0.417 e. The topological polar surface area (TPSA) is 102 Å². The molecule has 1 N–H and O–H groups in total. The van der Waals surface area contributed by atoms with Crippen LogP contribution in [0.15, 0.2) is 59.5 Å². The molecule has 1 saturated heterocycles. The molecule has 0 aromatic heterocycles. The lowest BCUT2D eigenvalue weighted by Crippen LogP contribution is -2.44.